The van der Waals surface area contributed by atoms with Crippen LogP contribution in [0.15, 0.2) is 10.6 Å². The largest absolute Gasteiger partial charge is 0.360 e. The average Bonchev–Trinajstić information content (AvgIpc) is 2.83. The maximum atomic E-state index is 11.6. The minimum absolute atomic E-state index is 0. The van der Waals surface area contributed by atoms with Crippen molar-refractivity contribution in [2.75, 3.05) is 36.5 Å². The molecule has 1 heterocycles. The predicted molar refractivity (Wildman–Crippen MR) is 90.6 cm³/mol. The fourth-order valence-corrected chi connectivity index (χ4v) is 2.13. The molecule has 22 heavy (non-hydrogen) atoms. The van der Waals surface area contributed by atoms with E-state index in [2.05, 4.69) is 28.0 Å². The molecule has 0 fully saturated rings. The molecule has 1 aromatic heterocycles. The lowest BCUT2D eigenvalue weighted by atomic mass is 10.4. The second-order valence-electron chi connectivity index (χ2n) is 4.46. The first-order valence-electron chi connectivity index (χ1n) is 6.90. The van der Waals surface area contributed by atoms with Crippen LogP contribution in [0.25, 0.3) is 0 Å². The molecular weight excluding hydrogens is 328 g/mol. The van der Waals surface area contributed by atoms with Crippen molar-refractivity contribution in [3.05, 3.63) is 11.8 Å². The number of nitrogens with one attached hydrogen (secondary N) is 3. The van der Waals surface area contributed by atoms with E-state index >= 15 is 0 Å². The number of hydrogen-bond donors (Lipinski definition) is 3. The predicted octanol–water partition coefficient (Wildman–Crippen LogP) is 1.19. The molecule has 0 saturated heterocycles. The van der Waals surface area contributed by atoms with Gasteiger partial charge in [-0.3, -0.25) is 9.59 Å². The quantitative estimate of drug-likeness (QED) is 0.548. The highest BCUT2D eigenvalue weighted by Gasteiger charge is 2.08. The SMILES string of the molecule is CCCNCCNC(=O)CSCC(=O)Nc1cc(C)on1.Cl. The summed E-state index contributed by atoms with van der Waals surface area (Å²) in [5.41, 5.74) is 0. The van der Waals surface area contributed by atoms with Crippen molar-refractivity contribution in [1.29, 1.82) is 0 Å². The van der Waals surface area contributed by atoms with Crippen molar-refractivity contribution in [3.8, 4) is 0 Å². The van der Waals surface area contributed by atoms with Crippen LogP contribution in [-0.4, -0.2) is 48.1 Å². The van der Waals surface area contributed by atoms with Crippen LogP contribution in [0.2, 0.25) is 0 Å². The first-order chi connectivity index (χ1) is 10.1. The van der Waals surface area contributed by atoms with Gasteiger partial charge in [-0.25, -0.2) is 0 Å². The zero-order valence-electron chi connectivity index (χ0n) is 12.8. The van der Waals surface area contributed by atoms with E-state index in [1.807, 2.05) is 0 Å². The minimum Gasteiger partial charge on any atom is -0.360 e. The Morgan fingerprint density at radius 1 is 1.23 bits per heavy atom. The Hall–Kier alpha value is -1.25. The summed E-state index contributed by atoms with van der Waals surface area (Å²) in [6.45, 7) is 6.15. The van der Waals surface area contributed by atoms with Crippen molar-refractivity contribution < 1.29 is 14.1 Å². The lowest BCUT2D eigenvalue weighted by Gasteiger charge is -2.06. The van der Waals surface area contributed by atoms with Gasteiger partial charge in [-0.1, -0.05) is 12.1 Å². The van der Waals surface area contributed by atoms with Crippen LogP contribution in [0.4, 0.5) is 5.82 Å². The summed E-state index contributed by atoms with van der Waals surface area (Å²) in [5, 5.41) is 12.2. The fraction of sp³-hybridized carbons (Fsp3) is 0.615. The van der Waals surface area contributed by atoms with Gasteiger partial charge in [0, 0.05) is 19.2 Å². The molecular formula is C13H23ClN4O3S. The molecule has 0 aliphatic heterocycles. The van der Waals surface area contributed by atoms with Gasteiger partial charge in [-0.05, 0) is 19.9 Å². The fourth-order valence-electron chi connectivity index (χ4n) is 1.48. The molecule has 0 atom stereocenters. The van der Waals surface area contributed by atoms with Crippen LogP contribution in [0.1, 0.15) is 19.1 Å². The monoisotopic (exact) mass is 350 g/mol. The summed E-state index contributed by atoms with van der Waals surface area (Å²) < 4.78 is 4.84. The Labute approximate surface area is 140 Å². The number of halogens is 1. The normalized spacial score (nSPS) is 9.91. The second-order valence-corrected chi connectivity index (χ2v) is 5.45. The number of anilines is 1. The number of thioether (sulfide) groups is 1. The van der Waals surface area contributed by atoms with Crippen LogP contribution in [-0.2, 0) is 9.59 Å². The number of carbonyl (C=O) groups is 2. The molecule has 1 rings (SSSR count). The van der Waals surface area contributed by atoms with Gasteiger partial charge in [0.1, 0.15) is 5.76 Å². The topological polar surface area (TPSA) is 96.3 Å². The summed E-state index contributed by atoms with van der Waals surface area (Å²) >= 11 is 1.26. The van der Waals surface area contributed by atoms with E-state index in [0.717, 1.165) is 19.5 Å². The van der Waals surface area contributed by atoms with Crippen molar-refractivity contribution in [3.63, 3.8) is 0 Å². The molecule has 1 aromatic rings. The Balaban J connectivity index is 0.00000441. The van der Waals surface area contributed by atoms with Crippen LogP contribution >= 0.6 is 24.2 Å². The number of carbonyl (C=O) groups excluding carboxylic acids is 2. The first kappa shape index (κ1) is 20.8. The summed E-state index contributed by atoms with van der Waals surface area (Å²) in [6, 6.07) is 1.64. The van der Waals surface area contributed by atoms with Crippen molar-refractivity contribution in [2.45, 2.75) is 20.3 Å². The van der Waals surface area contributed by atoms with Crippen LogP contribution < -0.4 is 16.0 Å². The van der Waals surface area contributed by atoms with Gasteiger partial charge in [-0.15, -0.1) is 24.2 Å². The molecule has 0 aromatic carbocycles. The van der Waals surface area contributed by atoms with Gasteiger partial charge in [0.05, 0.1) is 11.5 Å². The van der Waals surface area contributed by atoms with E-state index in [1.54, 1.807) is 13.0 Å². The Bertz CT molecular complexity index is 456. The van der Waals surface area contributed by atoms with E-state index in [-0.39, 0.29) is 35.7 Å². The highest BCUT2D eigenvalue weighted by molar-refractivity contribution is 8.00. The van der Waals surface area contributed by atoms with E-state index in [4.69, 9.17) is 4.52 Å². The van der Waals surface area contributed by atoms with Gasteiger partial charge in [-0.2, -0.15) is 0 Å². The summed E-state index contributed by atoms with van der Waals surface area (Å²) in [7, 11) is 0. The van der Waals surface area contributed by atoms with Crippen molar-refractivity contribution in [2.24, 2.45) is 0 Å². The van der Waals surface area contributed by atoms with E-state index < -0.39 is 0 Å². The third-order valence-electron chi connectivity index (χ3n) is 2.41. The molecule has 3 N–H and O–H groups in total. The maximum absolute atomic E-state index is 11.6. The van der Waals surface area contributed by atoms with Gasteiger partial charge in [0.15, 0.2) is 5.82 Å². The molecule has 0 radical (unpaired) electrons. The van der Waals surface area contributed by atoms with Crippen LogP contribution in [0, 0.1) is 6.92 Å². The molecule has 0 spiro atoms. The number of nitrogens with zero attached hydrogens (tertiary/aromatic N) is 1. The number of rotatable bonds is 10. The molecule has 0 unspecified atom stereocenters. The third-order valence-corrected chi connectivity index (χ3v) is 3.35. The molecule has 126 valence electrons. The molecule has 2 amide bonds. The molecule has 9 heteroatoms. The smallest absolute Gasteiger partial charge is 0.235 e. The standard InChI is InChI=1S/C13H22N4O3S.ClH/c1-3-4-14-5-6-15-12(18)8-21-9-13(19)16-11-7-10(2)20-17-11;/h7,14H,3-6,8-9H2,1-2H3,(H,15,18)(H,16,17,19);1H. The Kier molecular flexibility index (Phi) is 11.6. The lowest BCUT2D eigenvalue weighted by molar-refractivity contribution is -0.118. The summed E-state index contributed by atoms with van der Waals surface area (Å²) in [6.07, 6.45) is 1.07. The average molecular weight is 351 g/mol. The lowest BCUT2D eigenvalue weighted by Crippen LogP contribution is -2.33. The van der Waals surface area contributed by atoms with Gasteiger partial charge >= 0.3 is 0 Å². The molecule has 0 bridgehead atoms. The van der Waals surface area contributed by atoms with Crippen molar-refractivity contribution >= 4 is 41.8 Å². The maximum Gasteiger partial charge on any atom is 0.235 e. The minimum atomic E-state index is -0.203. The second kappa shape index (κ2) is 12.3. The van der Waals surface area contributed by atoms with E-state index in [9.17, 15) is 9.59 Å². The Morgan fingerprint density at radius 3 is 2.59 bits per heavy atom. The Morgan fingerprint density at radius 2 is 1.95 bits per heavy atom. The molecule has 0 aliphatic carbocycles. The highest BCUT2D eigenvalue weighted by atomic mass is 35.5. The summed E-state index contributed by atoms with van der Waals surface area (Å²) in [4.78, 5) is 23.1. The number of amides is 2. The third kappa shape index (κ3) is 9.64. The molecule has 0 saturated carbocycles. The van der Waals surface area contributed by atoms with Gasteiger partial charge in [0.2, 0.25) is 11.8 Å². The highest BCUT2D eigenvalue weighted by Crippen LogP contribution is 2.08. The zero-order chi connectivity index (χ0) is 15.5. The number of hydrogen-bond acceptors (Lipinski definition) is 6. The van der Waals surface area contributed by atoms with Gasteiger partial charge < -0.3 is 20.5 Å². The number of aryl methyl sites for hydroxylation is 1. The first-order valence-corrected chi connectivity index (χ1v) is 8.05. The van der Waals surface area contributed by atoms with Gasteiger partial charge in [0.25, 0.3) is 0 Å². The van der Waals surface area contributed by atoms with E-state index in [1.165, 1.54) is 11.8 Å². The summed E-state index contributed by atoms with van der Waals surface area (Å²) in [5.74, 6) is 1.22. The zero-order valence-corrected chi connectivity index (χ0v) is 14.4. The number of aromatic nitrogens is 1. The van der Waals surface area contributed by atoms with Crippen molar-refractivity contribution in [1.82, 2.24) is 15.8 Å². The molecule has 7 nitrogen and oxygen atoms in total. The van der Waals surface area contributed by atoms with Crippen LogP contribution in [0.3, 0.4) is 0 Å². The molecule has 0 aliphatic rings. The van der Waals surface area contributed by atoms with E-state index in [0.29, 0.717) is 18.1 Å². The van der Waals surface area contributed by atoms with Crippen LogP contribution in [0.5, 0.6) is 0 Å².